The summed E-state index contributed by atoms with van der Waals surface area (Å²) in [7, 11) is 3.90. The minimum atomic E-state index is -0.301. The van der Waals surface area contributed by atoms with Crippen LogP contribution in [0.5, 0.6) is 0 Å². The fourth-order valence-corrected chi connectivity index (χ4v) is 7.53. The first-order chi connectivity index (χ1) is 16.7. The molecule has 2 aliphatic rings. The Morgan fingerprint density at radius 2 is 1.49 bits per heavy atom. The van der Waals surface area contributed by atoms with Gasteiger partial charge in [0, 0.05) is 36.2 Å². The van der Waals surface area contributed by atoms with Crippen molar-refractivity contribution in [3.05, 3.63) is 0 Å². The minimum Gasteiger partial charge on any atom is -0.375 e. The molecule has 2 rings (SSSR count). The second kappa shape index (κ2) is 16.0. The Labute approximate surface area is 223 Å². The Balaban J connectivity index is 1.66. The van der Waals surface area contributed by atoms with Crippen LogP contribution in [-0.4, -0.2) is 47.5 Å². The van der Waals surface area contributed by atoms with Crippen LogP contribution in [0.25, 0.3) is 0 Å². The fourth-order valence-electron chi connectivity index (χ4n) is 5.41. The first kappa shape index (κ1) is 31.2. The summed E-state index contributed by atoms with van der Waals surface area (Å²) in [6, 6.07) is 0. The lowest BCUT2D eigenvalue weighted by Gasteiger charge is -2.32. The Kier molecular flexibility index (Phi) is 14.3. The normalized spacial score (nSPS) is 23.3. The number of Topliss-reactive ketones (excluding diaryl/α,β-unsaturated/α-hetero) is 2. The molecule has 0 radical (unpaired) electrons. The van der Waals surface area contributed by atoms with E-state index in [1.807, 2.05) is 21.6 Å². The van der Waals surface area contributed by atoms with E-state index < -0.39 is 0 Å². The summed E-state index contributed by atoms with van der Waals surface area (Å²) >= 11 is 0. The maximum absolute atomic E-state index is 12.9. The zero-order chi connectivity index (χ0) is 25.7. The van der Waals surface area contributed by atoms with Crippen molar-refractivity contribution >= 4 is 33.2 Å². The van der Waals surface area contributed by atoms with Gasteiger partial charge in [0.25, 0.3) is 0 Å². The smallest absolute Gasteiger partial charge is 0.138 e. The predicted octanol–water partition coefficient (Wildman–Crippen LogP) is 8.06. The Hall–Kier alpha value is -0.0400. The van der Waals surface area contributed by atoms with Crippen LogP contribution in [-0.2, 0) is 19.1 Å². The SMILES string of the molecule is CCSSCC1CCC[C@H](C(=O)CCOC(C)(CC)CCOC(C)(C)CCC(=O)C2CCCC2)C1. The molecule has 0 aromatic heterocycles. The second-order valence-corrected chi connectivity index (χ2v) is 14.4. The van der Waals surface area contributed by atoms with Crippen LogP contribution in [0.2, 0.25) is 0 Å². The second-order valence-electron chi connectivity index (χ2n) is 11.6. The lowest BCUT2D eigenvalue weighted by atomic mass is 9.79. The van der Waals surface area contributed by atoms with Crippen molar-refractivity contribution < 1.29 is 19.1 Å². The van der Waals surface area contributed by atoms with Crippen molar-refractivity contribution in [2.75, 3.05) is 24.7 Å². The van der Waals surface area contributed by atoms with Crippen LogP contribution in [0, 0.1) is 17.8 Å². The van der Waals surface area contributed by atoms with Gasteiger partial charge in [0.2, 0.25) is 0 Å². The van der Waals surface area contributed by atoms with Crippen LogP contribution in [0.3, 0.4) is 0 Å². The third-order valence-corrected chi connectivity index (χ3v) is 10.8. The lowest BCUT2D eigenvalue weighted by molar-refractivity contribution is -0.129. The van der Waals surface area contributed by atoms with Crippen LogP contribution in [0.4, 0.5) is 0 Å². The molecule has 0 bridgehead atoms. The fraction of sp³-hybridized carbons (Fsp3) is 0.931. The number of hydrogen-bond donors (Lipinski definition) is 0. The molecule has 0 heterocycles. The maximum atomic E-state index is 12.9. The van der Waals surface area contributed by atoms with Crippen molar-refractivity contribution in [2.45, 2.75) is 129 Å². The highest BCUT2D eigenvalue weighted by Crippen LogP contribution is 2.35. The average molecular weight is 529 g/mol. The molecule has 2 saturated carbocycles. The average Bonchev–Trinajstić information content (AvgIpc) is 3.38. The molecule has 0 aromatic carbocycles. The molecular formula is C29H52O4S2. The molecule has 0 aliphatic heterocycles. The van der Waals surface area contributed by atoms with Gasteiger partial charge in [-0.25, -0.2) is 0 Å². The molecule has 0 saturated heterocycles. The van der Waals surface area contributed by atoms with E-state index in [0.717, 1.165) is 50.7 Å². The van der Waals surface area contributed by atoms with E-state index in [0.29, 0.717) is 49.5 Å². The summed E-state index contributed by atoms with van der Waals surface area (Å²) in [5, 5.41) is 0. The van der Waals surface area contributed by atoms with Gasteiger partial charge < -0.3 is 9.47 Å². The quantitative estimate of drug-likeness (QED) is 0.132. The summed E-state index contributed by atoms with van der Waals surface area (Å²) < 4.78 is 12.5. The molecule has 204 valence electrons. The molecule has 2 fully saturated rings. The van der Waals surface area contributed by atoms with Crippen LogP contribution in [0.1, 0.15) is 118 Å². The first-order valence-corrected chi connectivity index (χ1v) is 16.7. The largest absolute Gasteiger partial charge is 0.375 e. The zero-order valence-corrected chi connectivity index (χ0v) is 24.8. The molecule has 4 nitrogen and oxygen atoms in total. The highest BCUT2D eigenvalue weighted by atomic mass is 33.1. The van der Waals surface area contributed by atoms with Crippen LogP contribution >= 0.6 is 21.6 Å². The van der Waals surface area contributed by atoms with Crippen molar-refractivity contribution in [3.63, 3.8) is 0 Å². The summed E-state index contributed by atoms with van der Waals surface area (Å²) in [6.45, 7) is 11.8. The van der Waals surface area contributed by atoms with Gasteiger partial charge in [0.15, 0.2) is 0 Å². The molecule has 0 N–H and O–H groups in total. The van der Waals surface area contributed by atoms with E-state index in [4.69, 9.17) is 9.47 Å². The number of ketones is 2. The minimum absolute atomic E-state index is 0.230. The van der Waals surface area contributed by atoms with E-state index in [9.17, 15) is 9.59 Å². The van der Waals surface area contributed by atoms with Gasteiger partial charge in [0.05, 0.1) is 24.4 Å². The third kappa shape index (κ3) is 11.9. The van der Waals surface area contributed by atoms with Gasteiger partial charge in [0.1, 0.15) is 11.6 Å². The molecule has 0 amide bonds. The van der Waals surface area contributed by atoms with Crippen molar-refractivity contribution in [3.8, 4) is 0 Å². The molecule has 6 heteroatoms. The lowest BCUT2D eigenvalue weighted by Crippen LogP contribution is -2.34. The zero-order valence-electron chi connectivity index (χ0n) is 23.2. The van der Waals surface area contributed by atoms with Crippen LogP contribution < -0.4 is 0 Å². The molecule has 2 unspecified atom stereocenters. The first-order valence-electron chi connectivity index (χ1n) is 14.3. The van der Waals surface area contributed by atoms with Crippen molar-refractivity contribution in [1.29, 1.82) is 0 Å². The van der Waals surface area contributed by atoms with E-state index in [2.05, 4.69) is 34.6 Å². The number of rotatable bonds is 18. The Morgan fingerprint density at radius 1 is 0.800 bits per heavy atom. The van der Waals surface area contributed by atoms with Crippen molar-refractivity contribution in [1.82, 2.24) is 0 Å². The summed E-state index contributed by atoms with van der Waals surface area (Å²) in [6.07, 6.45) is 12.8. The number of carbonyl (C=O) groups is 2. The van der Waals surface area contributed by atoms with E-state index in [1.54, 1.807) is 0 Å². The Bertz CT molecular complexity index is 632. The van der Waals surface area contributed by atoms with Crippen molar-refractivity contribution in [2.24, 2.45) is 17.8 Å². The highest BCUT2D eigenvalue weighted by Gasteiger charge is 2.30. The van der Waals surface area contributed by atoms with E-state index >= 15 is 0 Å². The van der Waals surface area contributed by atoms with Gasteiger partial charge in [-0.2, -0.15) is 0 Å². The van der Waals surface area contributed by atoms with Gasteiger partial charge in [-0.1, -0.05) is 54.7 Å². The third-order valence-electron chi connectivity index (χ3n) is 8.20. The van der Waals surface area contributed by atoms with Gasteiger partial charge in [-0.15, -0.1) is 0 Å². The topological polar surface area (TPSA) is 52.6 Å². The number of hydrogen-bond acceptors (Lipinski definition) is 6. The monoisotopic (exact) mass is 528 g/mol. The summed E-state index contributed by atoms with van der Waals surface area (Å²) in [4.78, 5) is 25.3. The number of ether oxygens (including phenoxy) is 2. The van der Waals surface area contributed by atoms with Gasteiger partial charge in [-0.05, 0) is 78.1 Å². The molecule has 0 spiro atoms. The van der Waals surface area contributed by atoms with E-state index in [-0.39, 0.29) is 17.1 Å². The highest BCUT2D eigenvalue weighted by molar-refractivity contribution is 8.76. The molecule has 0 aromatic rings. The molecule has 2 aliphatic carbocycles. The molecule has 35 heavy (non-hydrogen) atoms. The molecule has 3 atom stereocenters. The van der Waals surface area contributed by atoms with Crippen LogP contribution in [0.15, 0.2) is 0 Å². The summed E-state index contributed by atoms with van der Waals surface area (Å²) in [5.74, 6) is 4.36. The van der Waals surface area contributed by atoms with E-state index in [1.165, 1.54) is 31.4 Å². The van der Waals surface area contributed by atoms with Gasteiger partial charge >= 0.3 is 0 Å². The number of carbonyl (C=O) groups excluding carboxylic acids is 2. The standard InChI is InChI=1S/C29H52O4S2/c1-6-29(5,18-20-32-28(3,4)17-15-26(30)24-12-8-9-13-24)33-19-16-27(31)25-14-10-11-23(21-25)22-35-34-7-2/h23-25H,6-22H2,1-5H3/t23?,25-,29?/m0/s1. The maximum Gasteiger partial charge on any atom is 0.138 e. The Morgan fingerprint density at radius 3 is 2.17 bits per heavy atom. The van der Waals surface area contributed by atoms with Gasteiger partial charge in [-0.3, -0.25) is 9.59 Å². The summed E-state index contributed by atoms with van der Waals surface area (Å²) in [5.41, 5.74) is -0.580. The predicted molar refractivity (Wildman–Crippen MR) is 151 cm³/mol. The molecular weight excluding hydrogens is 476 g/mol.